The van der Waals surface area contributed by atoms with Crippen LogP contribution in [0.5, 0.6) is 0 Å². The number of sulfonamides is 1. The maximum absolute atomic E-state index is 13.5. The van der Waals surface area contributed by atoms with Gasteiger partial charge in [-0.15, -0.1) is 0 Å². The molecule has 1 heterocycles. The average Bonchev–Trinajstić information content (AvgIpc) is 3.16. The molecule has 0 unspecified atom stereocenters. The van der Waals surface area contributed by atoms with Crippen molar-refractivity contribution in [2.45, 2.75) is 43.2 Å². The van der Waals surface area contributed by atoms with Gasteiger partial charge in [0, 0.05) is 12.1 Å². The quantitative estimate of drug-likeness (QED) is 0.827. The normalized spacial score (nSPS) is 24.8. The van der Waals surface area contributed by atoms with Crippen molar-refractivity contribution < 1.29 is 21.2 Å². The van der Waals surface area contributed by atoms with Crippen LogP contribution >= 0.6 is 0 Å². The van der Waals surface area contributed by atoms with E-state index in [1.807, 2.05) is 0 Å². The molecule has 5 nitrogen and oxygen atoms in total. The van der Waals surface area contributed by atoms with Gasteiger partial charge in [0.15, 0.2) is 9.84 Å². The maximum Gasteiger partial charge on any atom is 0.243 e. The number of sulfone groups is 1. The standard InChI is InChI=1S/C14H18FNO4S2/c1-10-2-3-11(15)8-14(10)22(19,20)16(12-4-5-12)13-6-7-21(17,18)9-13/h2-3,8,12-13H,4-7,9H2,1H3/t13-/m0/s1. The van der Waals surface area contributed by atoms with Gasteiger partial charge in [-0.25, -0.2) is 21.2 Å². The zero-order chi connectivity index (χ0) is 16.1. The van der Waals surface area contributed by atoms with E-state index in [4.69, 9.17) is 0 Å². The molecule has 1 atom stereocenters. The number of aryl methyl sites for hydroxylation is 1. The highest BCUT2D eigenvalue weighted by atomic mass is 32.2. The van der Waals surface area contributed by atoms with Crippen LogP contribution in [0.3, 0.4) is 0 Å². The predicted molar refractivity (Wildman–Crippen MR) is 80.2 cm³/mol. The molecule has 1 aliphatic carbocycles. The Kier molecular flexibility index (Phi) is 3.81. The van der Waals surface area contributed by atoms with E-state index in [9.17, 15) is 21.2 Å². The summed E-state index contributed by atoms with van der Waals surface area (Å²) >= 11 is 0. The van der Waals surface area contributed by atoms with E-state index in [1.54, 1.807) is 6.92 Å². The van der Waals surface area contributed by atoms with E-state index >= 15 is 0 Å². The fraction of sp³-hybridized carbons (Fsp3) is 0.571. The summed E-state index contributed by atoms with van der Waals surface area (Å²) in [4.78, 5) is -0.0660. The van der Waals surface area contributed by atoms with Crippen LogP contribution in [0, 0.1) is 12.7 Å². The Morgan fingerprint density at radius 1 is 1.18 bits per heavy atom. The third-order valence-electron chi connectivity index (χ3n) is 4.18. The Hall–Kier alpha value is -0.990. The largest absolute Gasteiger partial charge is 0.243 e. The summed E-state index contributed by atoms with van der Waals surface area (Å²) in [5.74, 6) is -0.741. The zero-order valence-electron chi connectivity index (χ0n) is 12.2. The van der Waals surface area contributed by atoms with Crippen LogP contribution in [0.15, 0.2) is 23.1 Å². The summed E-state index contributed by atoms with van der Waals surface area (Å²) in [6, 6.07) is 2.97. The number of rotatable bonds is 4. The van der Waals surface area contributed by atoms with Crippen molar-refractivity contribution in [2.75, 3.05) is 11.5 Å². The van der Waals surface area contributed by atoms with Crippen molar-refractivity contribution in [1.29, 1.82) is 0 Å². The van der Waals surface area contributed by atoms with Gasteiger partial charge in [0.05, 0.1) is 16.4 Å². The Bertz CT molecular complexity index is 800. The molecule has 1 saturated heterocycles. The lowest BCUT2D eigenvalue weighted by atomic mass is 10.2. The first kappa shape index (κ1) is 15.9. The molecule has 3 rings (SSSR count). The smallest absolute Gasteiger partial charge is 0.229 e. The fourth-order valence-corrected chi connectivity index (χ4v) is 6.91. The zero-order valence-corrected chi connectivity index (χ0v) is 13.8. The number of halogens is 1. The van der Waals surface area contributed by atoms with Gasteiger partial charge in [0.2, 0.25) is 10.0 Å². The van der Waals surface area contributed by atoms with Crippen LogP contribution in [-0.2, 0) is 19.9 Å². The van der Waals surface area contributed by atoms with Crippen LogP contribution in [0.25, 0.3) is 0 Å². The Morgan fingerprint density at radius 2 is 1.86 bits per heavy atom. The van der Waals surface area contributed by atoms with Gasteiger partial charge in [-0.1, -0.05) is 6.07 Å². The van der Waals surface area contributed by atoms with E-state index < -0.39 is 31.7 Å². The molecule has 2 fully saturated rings. The molecule has 1 aliphatic heterocycles. The number of hydrogen-bond acceptors (Lipinski definition) is 4. The number of benzene rings is 1. The van der Waals surface area contributed by atoms with E-state index in [2.05, 4.69) is 0 Å². The van der Waals surface area contributed by atoms with Crippen molar-refractivity contribution in [1.82, 2.24) is 4.31 Å². The summed E-state index contributed by atoms with van der Waals surface area (Å²) in [6.45, 7) is 1.61. The lowest BCUT2D eigenvalue weighted by Gasteiger charge is -2.28. The minimum Gasteiger partial charge on any atom is -0.229 e. The molecule has 1 aromatic rings. The molecule has 2 aliphatic rings. The van der Waals surface area contributed by atoms with Crippen LogP contribution in [0.2, 0.25) is 0 Å². The van der Waals surface area contributed by atoms with Crippen LogP contribution in [-0.4, -0.2) is 44.7 Å². The molecule has 122 valence electrons. The Balaban J connectivity index is 2.02. The van der Waals surface area contributed by atoms with E-state index in [-0.39, 0.29) is 22.4 Å². The predicted octanol–water partition coefficient (Wildman–Crippen LogP) is 1.47. The van der Waals surface area contributed by atoms with Gasteiger partial charge in [-0.3, -0.25) is 0 Å². The summed E-state index contributed by atoms with van der Waals surface area (Å²) in [5.41, 5.74) is 0.466. The summed E-state index contributed by atoms with van der Waals surface area (Å²) in [6.07, 6.45) is 1.76. The van der Waals surface area contributed by atoms with Crippen molar-refractivity contribution in [2.24, 2.45) is 0 Å². The minimum absolute atomic E-state index is 0.0124. The molecule has 1 aromatic carbocycles. The minimum atomic E-state index is -3.90. The summed E-state index contributed by atoms with van der Waals surface area (Å²) < 4.78 is 64.1. The van der Waals surface area contributed by atoms with Crippen molar-refractivity contribution in [3.05, 3.63) is 29.6 Å². The highest BCUT2D eigenvalue weighted by molar-refractivity contribution is 7.92. The van der Waals surface area contributed by atoms with Crippen molar-refractivity contribution in [3.63, 3.8) is 0 Å². The molecular weight excluding hydrogens is 329 g/mol. The van der Waals surface area contributed by atoms with Gasteiger partial charge in [-0.2, -0.15) is 4.31 Å². The van der Waals surface area contributed by atoms with Gasteiger partial charge in [-0.05, 0) is 43.9 Å². The molecular formula is C14H18FNO4S2. The lowest BCUT2D eigenvalue weighted by molar-refractivity contribution is 0.332. The molecule has 0 aromatic heterocycles. The molecule has 0 radical (unpaired) electrons. The van der Waals surface area contributed by atoms with Crippen LogP contribution in [0.4, 0.5) is 4.39 Å². The van der Waals surface area contributed by atoms with Crippen LogP contribution in [0.1, 0.15) is 24.8 Å². The lowest BCUT2D eigenvalue weighted by Crippen LogP contribution is -2.42. The third kappa shape index (κ3) is 2.91. The molecule has 1 saturated carbocycles. The van der Waals surface area contributed by atoms with Gasteiger partial charge >= 0.3 is 0 Å². The first-order valence-corrected chi connectivity index (χ1v) is 10.5. The van der Waals surface area contributed by atoms with Gasteiger partial charge in [0.25, 0.3) is 0 Å². The summed E-state index contributed by atoms with van der Waals surface area (Å²) in [5, 5.41) is 0. The first-order valence-electron chi connectivity index (χ1n) is 7.21. The molecule has 0 amide bonds. The molecule has 0 spiro atoms. The topological polar surface area (TPSA) is 71.5 Å². The summed E-state index contributed by atoms with van der Waals surface area (Å²) in [7, 11) is -7.08. The van der Waals surface area contributed by atoms with Gasteiger partial charge in [0.1, 0.15) is 5.82 Å². The molecule has 8 heteroatoms. The second-order valence-corrected chi connectivity index (χ2v) is 10.1. The van der Waals surface area contributed by atoms with E-state index in [0.29, 0.717) is 12.0 Å². The van der Waals surface area contributed by atoms with E-state index in [0.717, 1.165) is 18.9 Å². The number of nitrogens with zero attached hydrogens (tertiary/aromatic N) is 1. The highest BCUT2D eigenvalue weighted by Gasteiger charge is 2.46. The molecule has 22 heavy (non-hydrogen) atoms. The Labute approximate surface area is 130 Å². The SMILES string of the molecule is Cc1ccc(F)cc1S(=O)(=O)N(C1CC1)[C@H]1CCS(=O)(=O)C1. The highest BCUT2D eigenvalue weighted by Crippen LogP contribution is 2.37. The van der Waals surface area contributed by atoms with Crippen LogP contribution < -0.4 is 0 Å². The average molecular weight is 347 g/mol. The second-order valence-electron chi connectivity index (χ2n) is 6.03. The van der Waals surface area contributed by atoms with Crippen molar-refractivity contribution in [3.8, 4) is 0 Å². The van der Waals surface area contributed by atoms with E-state index in [1.165, 1.54) is 16.4 Å². The monoisotopic (exact) mass is 347 g/mol. The first-order chi connectivity index (χ1) is 10.2. The number of hydrogen-bond donors (Lipinski definition) is 0. The fourth-order valence-electron chi connectivity index (χ4n) is 2.96. The molecule has 0 bridgehead atoms. The van der Waals surface area contributed by atoms with Crippen molar-refractivity contribution >= 4 is 19.9 Å². The van der Waals surface area contributed by atoms with Gasteiger partial charge < -0.3 is 0 Å². The Morgan fingerprint density at radius 3 is 2.41 bits per heavy atom. The molecule has 0 N–H and O–H groups in total. The maximum atomic E-state index is 13.5. The third-order valence-corrected chi connectivity index (χ3v) is 8.08. The second kappa shape index (κ2) is 5.28.